The molecule has 0 spiro atoms. The van der Waals surface area contributed by atoms with Crippen molar-refractivity contribution in [2.75, 3.05) is 19.5 Å². The summed E-state index contributed by atoms with van der Waals surface area (Å²) in [6.45, 7) is 3.38. The summed E-state index contributed by atoms with van der Waals surface area (Å²) in [7, 11) is 4.65. The van der Waals surface area contributed by atoms with Gasteiger partial charge in [0.05, 0.1) is 47.6 Å². The van der Waals surface area contributed by atoms with Crippen molar-refractivity contribution in [1.29, 1.82) is 0 Å². The standard InChI is InChI=1S/C26H31BrN6O4/c1-5-16(14-33-22-12-18(27)8-9-21(22)30-26(33)28)7-6-10-37-24-20(13-29-32(24)3)19-11-17(25(35)36-4)15-31(2)23(19)34/h8-9,11-13,15-16H,5-7,10,14H2,1-4H3,(H2,28,30). The van der Waals surface area contributed by atoms with Crippen LogP contribution >= 0.6 is 15.9 Å². The van der Waals surface area contributed by atoms with Gasteiger partial charge in [0.15, 0.2) is 0 Å². The lowest BCUT2D eigenvalue weighted by Gasteiger charge is -2.17. The molecule has 4 aromatic rings. The molecule has 0 fully saturated rings. The van der Waals surface area contributed by atoms with Gasteiger partial charge < -0.3 is 24.3 Å². The van der Waals surface area contributed by atoms with E-state index in [9.17, 15) is 9.59 Å². The summed E-state index contributed by atoms with van der Waals surface area (Å²) >= 11 is 3.53. The van der Waals surface area contributed by atoms with Crippen molar-refractivity contribution >= 4 is 38.9 Å². The molecule has 1 unspecified atom stereocenters. The molecule has 1 aromatic carbocycles. The molecule has 0 aliphatic carbocycles. The second-order valence-corrected chi connectivity index (χ2v) is 9.93. The second-order valence-electron chi connectivity index (χ2n) is 9.02. The van der Waals surface area contributed by atoms with Crippen molar-refractivity contribution < 1.29 is 14.3 Å². The van der Waals surface area contributed by atoms with E-state index in [1.54, 1.807) is 25.0 Å². The molecule has 0 aliphatic heterocycles. The first-order valence-electron chi connectivity index (χ1n) is 12.1. The predicted molar refractivity (Wildman–Crippen MR) is 146 cm³/mol. The monoisotopic (exact) mass is 570 g/mol. The van der Waals surface area contributed by atoms with E-state index < -0.39 is 5.97 Å². The smallest absolute Gasteiger partial charge is 0.339 e. The Morgan fingerprint density at radius 1 is 1.22 bits per heavy atom. The predicted octanol–water partition coefficient (Wildman–Crippen LogP) is 4.15. The van der Waals surface area contributed by atoms with Crippen LogP contribution in [0.3, 0.4) is 0 Å². The van der Waals surface area contributed by atoms with E-state index in [0.717, 1.165) is 41.3 Å². The number of nitrogens with two attached hydrogens (primary N) is 1. The van der Waals surface area contributed by atoms with Crippen molar-refractivity contribution in [3.05, 3.63) is 57.0 Å². The number of carbonyl (C=O) groups excluding carboxylic acids is 1. The quantitative estimate of drug-likeness (QED) is 0.224. The number of rotatable bonds is 10. The zero-order valence-electron chi connectivity index (χ0n) is 21.4. The Labute approximate surface area is 223 Å². The maximum Gasteiger partial charge on any atom is 0.339 e. The molecule has 10 nitrogen and oxygen atoms in total. The van der Waals surface area contributed by atoms with Crippen LogP contribution in [-0.4, -0.2) is 43.6 Å². The SMILES string of the molecule is CCC(CCCOc1c(-c2cc(C(=O)OC)cn(C)c2=O)cnn1C)Cn1c(N)nc2ccc(Br)cc21. The van der Waals surface area contributed by atoms with Crippen LogP contribution in [0.5, 0.6) is 5.88 Å². The largest absolute Gasteiger partial charge is 0.477 e. The van der Waals surface area contributed by atoms with Crippen molar-refractivity contribution in [2.45, 2.75) is 32.7 Å². The van der Waals surface area contributed by atoms with Crippen LogP contribution in [-0.2, 0) is 25.4 Å². The molecule has 0 saturated carbocycles. The lowest BCUT2D eigenvalue weighted by atomic mass is 10.0. The van der Waals surface area contributed by atoms with Crippen molar-refractivity contribution in [3.8, 4) is 17.0 Å². The first-order valence-corrected chi connectivity index (χ1v) is 12.9. The third-order valence-corrected chi connectivity index (χ3v) is 7.03. The highest BCUT2D eigenvalue weighted by Gasteiger charge is 2.20. The summed E-state index contributed by atoms with van der Waals surface area (Å²) in [5.74, 6) is 0.852. The van der Waals surface area contributed by atoms with E-state index in [-0.39, 0.29) is 11.1 Å². The minimum absolute atomic E-state index is 0.256. The first-order chi connectivity index (χ1) is 17.7. The number of carbonyl (C=O) groups is 1. The fourth-order valence-corrected chi connectivity index (χ4v) is 4.80. The van der Waals surface area contributed by atoms with Crippen LogP contribution < -0.4 is 16.0 Å². The number of benzene rings is 1. The number of halogens is 1. The molecule has 0 amide bonds. The lowest BCUT2D eigenvalue weighted by molar-refractivity contribution is 0.0599. The van der Waals surface area contributed by atoms with E-state index in [0.29, 0.717) is 35.5 Å². The average molecular weight is 571 g/mol. The van der Waals surface area contributed by atoms with E-state index in [1.807, 2.05) is 18.2 Å². The number of nitrogen functional groups attached to an aromatic ring is 1. The number of imidazole rings is 1. The number of pyridine rings is 1. The second kappa shape index (κ2) is 11.2. The molecule has 3 heterocycles. The van der Waals surface area contributed by atoms with Crippen molar-refractivity contribution in [2.24, 2.45) is 20.0 Å². The summed E-state index contributed by atoms with van der Waals surface area (Å²) in [6, 6.07) is 7.48. The molecular weight excluding hydrogens is 540 g/mol. The maximum absolute atomic E-state index is 12.8. The van der Waals surface area contributed by atoms with Gasteiger partial charge in [-0.2, -0.15) is 5.10 Å². The van der Waals surface area contributed by atoms with Gasteiger partial charge in [-0.15, -0.1) is 0 Å². The number of nitrogens with zero attached hydrogens (tertiary/aromatic N) is 5. The molecule has 0 saturated heterocycles. The summed E-state index contributed by atoms with van der Waals surface area (Å²) < 4.78 is 16.9. The van der Waals surface area contributed by atoms with Crippen LogP contribution in [0.25, 0.3) is 22.2 Å². The summed E-state index contributed by atoms with van der Waals surface area (Å²) in [5.41, 5.74) is 8.99. The number of hydrogen-bond acceptors (Lipinski definition) is 7. The first kappa shape index (κ1) is 26.5. The molecular formula is C26H31BrN6O4. The van der Waals surface area contributed by atoms with Gasteiger partial charge in [-0.3, -0.25) is 4.79 Å². The number of esters is 1. The van der Waals surface area contributed by atoms with Gasteiger partial charge in [-0.25, -0.2) is 14.5 Å². The third kappa shape index (κ3) is 5.56. The molecule has 0 aliphatic rings. The Morgan fingerprint density at radius 3 is 2.73 bits per heavy atom. The highest BCUT2D eigenvalue weighted by atomic mass is 79.9. The van der Waals surface area contributed by atoms with E-state index >= 15 is 0 Å². The summed E-state index contributed by atoms with van der Waals surface area (Å²) in [6.07, 6.45) is 5.75. The highest BCUT2D eigenvalue weighted by Crippen LogP contribution is 2.29. The average Bonchev–Trinajstić information content (AvgIpc) is 3.40. The maximum atomic E-state index is 12.8. The third-order valence-electron chi connectivity index (χ3n) is 6.53. The minimum Gasteiger partial charge on any atom is -0.477 e. The number of fused-ring (bicyclic) bond motifs is 1. The minimum atomic E-state index is -0.521. The Kier molecular flexibility index (Phi) is 8.01. The zero-order chi connectivity index (χ0) is 26.7. The van der Waals surface area contributed by atoms with Gasteiger partial charge in [0.2, 0.25) is 11.8 Å². The number of aryl methyl sites for hydroxylation is 2. The van der Waals surface area contributed by atoms with Crippen LogP contribution in [0.2, 0.25) is 0 Å². The summed E-state index contributed by atoms with van der Waals surface area (Å²) in [4.78, 5) is 29.4. The van der Waals surface area contributed by atoms with Crippen LogP contribution in [0.4, 0.5) is 5.95 Å². The topological polar surface area (TPSA) is 119 Å². The fourth-order valence-electron chi connectivity index (χ4n) is 4.45. The van der Waals surface area contributed by atoms with E-state index in [2.05, 4.69) is 37.5 Å². The fraction of sp³-hybridized carbons (Fsp3) is 0.385. The number of anilines is 1. The molecule has 4 rings (SSSR count). The highest BCUT2D eigenvalue weighted by molar-refractivity contribution is 9.10. The molecule has 196 valence electrons. The van der Waals surface area contributed by atoms with Gasteiger partial charge in [0.25, 0.3) is 5.56 Å². The van der Waals surface area contributed by atoms with Gasteiger partial charge >= 0.3 is 5.97 Å². The van der Waals surface area contributed by atoms with Gasteiger partial charge in [0.1, 0.15) is 0 Å². The number of methoxy groups -OCH3 is 1. The molecule has 11 heteroatoms. The molecule has 2 N–H and O–H groups in total. The Hall–Kier alpha value is -3.60. The number of ether oxygens (including phenoxy) is 2. The van der Waals surface area contributed by atoms with Crippen LogP contribution in [0.1, 0.15) is 36.5 Å². The van der Waals surface area contributed by atoms with E-state index in [1.165, 1.54) is 23.9 Å². The van der Waals surface area contributed by atoms with E-state index in [4.69, 9.17) is 15.2 Å². The van der Waals surface area contributed by atoms with Crippen LogP contribution in [0.15, 0.2) is 45.9 Å². The van der Waals surface area contributed by atoms with Crippen molar-refractivity contribution in [1.82, 2.24) is 23.9 Å². The number of hydrogen-bond donors (Lipinski definition) is 1. The lowest BCUT2D eigenvalue weighted by Crippen LogP contribution is -2.20. The Bertz CT molecular complexity index is 1490. The Balaban J connectivity index is 1.45. The zero-order valence-corrected chi connectivity index (χ0v) is 23.0. The van der Waals surface area contributed by atoms with Gasteiger partial charge in [0, 0.05) is 31.3 Å². The normalized spacial score (nSPS) is 12.1. The van der Waals surface area contributed by atoms with Gasteiger partial charge in [-0.1, -0.05) is 29.3 Å². The molecule has 0 radical (unpaired) electrons. The summed E-state index contributed by atoms with van der Waals surface area (Å²) in [5, 5.41) is 4.28. The van der Waals surface area contributed by atoms with Crippen LogP contribution in [0, 0.1) is 5.92 Å². The van der Waals surface area contributed by atoms with Gasteiger partial charge in [-0.05, 0) is 43.0 Å². The molecule has 0 bridgehead atoms. The molecule has 37 heavy (non-hydrogen) atoms. The number of aromatic nitrogens is 5. The van der Waals surface area contributed by atoms with Crippen molar-refractivity contribution in [3.63, 3.8) is 0 Å². The Morgan fingerprint density at radius 2 is 2.00 bits per heavy atom. The molecule has 1 atom stereocenters. The molecule has 3 aromatic heterocycles.